The van der Waals surface area contributed by atoms with Crippen molar-refractivity contribution in [1.29, 1.82) is 0 Å². The van der Waals surface area contributed by atoms with Gasteiger partial charge in [-0.15, -0.1) is 0 Å². The molecule has 0 fully saturated rings. The molecule has 0 aromatic rings. The van der Waals surface area contributed by atoms with Crippen molar-refractivity contribution in [3.8, 4) is 0 Å². The summed E-state index contributed by atoms with van der Waals surface area (Å²) in [5, 5.41) is 0. The van der Waals surface area contributed by atoms with Crippen LogP contribution >= 0.6 is 0 Å². The Bertz CT molecular complexity index is 923. The average Bonchev–Trinajstić information content (AvgIpc) is 3.39. The van der Waals surface area contributed by atoms with Crippen LogP contribution in [0.3, 0.4) is 0 Å². The van der Waals surface area contributed by atoms with Gasteiger partial charge in [-0.1, -0.05) is 393 Å². The summed E-state index contributed by atoms with van der Waals surface area (Å²) in [5.41, 5.74) is 0. The summed E-state index contributed by atoms with van der Waals surface area (Å²) in [6, 6.07) is 0. The fourth-order valence-electron chi connectivity index (χ4n) is 11.8. The number of Topliss-reactive ketones (excluding diaryl/α,β-unsaturated/α-hetero) is 2. The van der Waals surface area contributed by atoms with E-state index < -0.39 is 0 Å². The van der Waals surface area contributed by atoms with E-state index in [0.29, 0.717) is 11.6 Å². The molecule has 0 heterocycles. The number of hydrogen-bond donors (Lipinski definition) is 0. The second kappa shape index (κ2) is 67.4. The molecule has 0 aromatic carbocycles. The van der Waals surface area contributed by atoms with Gasteiger partial charge in [-0.3, -0.25) is 9.59 Å². The molecule has 0 aliphatic carbocycles. The molecule has 2 nitrogen and oxygen atoms in total. The van der Waals surface area contributed by atoms with Gasteiger partial charge in [0, 0.05) is 25.7 Å². The van der Waals surface area contributed by atoms with Gasteiger partial charge < -0.3 is 0 Å². The van der Waals surface area contributed by atoms with Crippen LogP contribution in [0.25, 0.3) is 0 Å². The van der Waals surface area contributed by atoms with Crippen molar-refractivity contribution >= 4 is 11.6 Å². The van der Waals surface area contributed by atoms with E-state index in [1.165, 1.54) is 379 Å². The van der Waals surface area contributed by atoms with E-state index in [2.05, 4.69) is 13.8 Å². The van der Waals surface area contributed by atoms with Crippen molar-refractivity contribution in [2.45, 2.75) is 444 Å². The lowest BCUT2D eigenvalue weighted by Crippen LogP contribution is -1.97. The molecular weight excluding hydrogens is 885 g/mol. The molecule has 0 atom stereocenters. The molecule has 0 saturated heterocycles. The SMILES string of the molecule is CCCCCCCCCCCCCCCCCC(=O)CCCCCCCCCCCCCCCCCCCCCCCCCCCCCCCCCCCC(=O)CCCCCCCCCCCCCCCCC. The standard InChI is InChI=1S/C71H140O2/c1-3-5-7-9-11-13-15-17-38-42-46-50-54-58-62-66-70(72)68-64-60-56-52-48-44-40-36-34-32-30-28-26-24-22-20-19-21-23-25-27-29-31-33-35-37-41-45-49-53-57-61-65-69-71(73)67-63-59-55-51-47-43-39-18-16-14-12-10-8-6-4-2/h3-69H2,1-2H3. The maximum absolute atomic E-state index is 12.3. The lowest BCUT2D eigenvalue weighted by Gasteiger charge is -2.05. The van der Waals surface area contributed by atoms with Gasteiger partial charge in [0.25, 0.3) is 0 Å². The van der Waals surface area contributed by atoms with E-state index >= 15 is 0 Å². The summed E-state index contributed by atoms with van der Waals surface area (Å²) in [5.74, 6) is 1.06. The molecule has 0 saturated carbocycles. The smallest absolute Gasteiger partial charge is 0.132 e. The normalized spacial score (nSPS) is 11.6. The molecule has 0 aliphatic heterocycles. The van der Waals surface area contributed by atoms with Crippen molar-refractivity contribution in [2.24, 2.45) is 0 Å². The van der Waals surface area contributed by atoms with Crippen molar-refractivity contribution in [3.05, 3.63) is 0 Å². The monoisotopic (exact) mass is 1030 g/mol. The fourth-order valence-corrected chi connectivity index (χ4v) is 11.8. The number of hydrogen-bond acceptors (Lipinski definition) is 2. The highest BCUT2D eigenvalue weighted by Gasteiger charge is 2.05. The quantitative estimate of drug-likeness (QED) is 0.0569. The van der Waals surface area contributed by atoms with E-state index in [-0.39, 0.29) is 0 Å². The van der Waals surface area contributed by atoms with Crippen LogP contribution in [0, 0.1) is 0 Å². The first-order valence-corrected chi connectivity index (χ1v) is 35.2. The number of unbranched alkanes of at least 4 members (excludes halogenated alkanes) is 60. The van der Waals surface area contributed by atoms with Gasteiger partial charge in [0.15, 0.2) is 0 Å². The molecule has 436 valence electrons. The number of carbonyl (C=O) groups excluding carboxylic acids is 2. The van der Waals surface area contributed by atoms with Crippen LogP contribution in [0.1, 0.15) is 444 Å². The van der Waals surface area contributed by atoms with Crippen molar-refractivity contribution in [3.63, 3.8) is 0 Å². The van der Waals surface area contributed by atoms with E-state index in [0.717, 1.165) is 51.4 Å². The third-order valence-electron chi connectivity index (χ3n) is 17.0. The van der Waals surface area contributed by atoms with Gasteiger partial charge >= 0.3 is 0 Å². The second-order valence-corrected chi connectivity index (χ2v) is 24.6. The molecule has 0 spiro atoms. The molecule has 0 N–H and O–H groups in total. The maximum Gasteiger partial charge on any atom is 0.132 e. The maximum atomic E-state index is 12.3. The molecule has 0 rings (SSSR count). The Kier molecular flexibility index (Phi) is 66.8. The molecule has 0 aromatic heterocycles. The second-order valence-electron chi connectivity index (χ2n) is 24.6. The Morgan fingerprint density at radius 3 is 0.315 bits per heavy atom. The van der Waals surface area contributed by atoms with Crippen molar-refractivity contribution in [2.75, 3.05) is 0 Å². The van der Waals surface area contributed by atoms with E-state index in [1.54, 1.807) is 0 Å². The molecule has 73 heavy (non-hydrogen) atoms. The zero-order valence-electron chi connectivity index (χ0n) is 51.2. The summed E-state index contributed by atoms with van der Waals surface area (Å²) in [6.45, 7) is 4.60. The lowest BCUT2D eigenvalue weighted by molar-refractivity contribution is -0.120. The Hall–Kier alpha value is -0.660. The van der Waals surface area contributed by atoms with Crippen molar-refractivity contribution < 1.29 is 9.59 Å². The molecule has 0 amide bonds. The predicted octanol–water partition coefficient (Wildman–Crippen LogP) is 26.3. The van der Waals surface area contributed by atoms with Crippen LogP contribution in [-0.4, -0.2) is 11.6 Å². The number of carbonyl (C=O) groups is 2. The molecular formula is C71H140O2. The molecule has 0 aliphatic rings. The van der Waals surface area contributed by atoms with Crippen LogP contribution in [0.4, 0.5) is 0 Å². The minimum absolute atomic E-state index is 0.531. The summed E-state index contributed by atoms with van der Waals surface area (Å²) in [4.78, 5) is 24.6. The summed E-state index contributed by atoms with van der Waals surface area (Å²) >= 11 is 0. The highest BCUT2D eigenvalue weighted by molar-refractivity contribution is 5.78. The van der Waals surface area contributed by atoms with Gasteiger partial charge in [0.2, 0.25) is 0 Å². The summed E-state index contributed by atoms with van der Waals surface area (Å²) < 4.78 is 0. The minimum Gasteiger partial charge on any atom is -0.300 e. The van der Waals surface area contributed by atoms with E-state index in [9.17, 15) is 9.59 Å². The van der Waals surface area contributed by atoms with E-state index in [1.807, 2.05) is 0 Å². The van der Waals surface area contributed by atoms with Crippen LogP contribution < -0.4 is 0 Å². The average molecular weight is 1030 g/mol. The zero-order valence-corrected chi connectivity index (χ0v) is 51.2. The Morgan fingerprint density at radius 1 is 0.137 bits per heavy atom. The van der Waals surface area contributed by atoms with E-state index in [4.69, 9.17) is 0 Å². The van der Waals surface area contributed by atoms with Crippen LogP contribution in [-0.2, 0) is 9.59 Å². The Morgan fingerprint density at radius 2 is 0.219 bits per heavy atom. The lowest BCUT2D eigenvalue weighted by atomic mass is 10.0. The highest BCUT2D eigenvalue weighted by Crippen LogP contribution is 2.20. The summed E-state index contributed by atoms with van der Waals surface area (Å²) in [7, 11) is 0. The van der Waals surface area contributed by atoms with Gasteiger partial charge in [0.1, 0.15) is 11.6 Å². The van der Waals surface area contributed by atoms with Gasteiger partial charge in [-0.05, 0) is 25.7 Å². The first-order valence-electron chi connectivity index (χ1n) is 35.2. The molecule has 0 unspecified atom stereocenters. The summed E-state index contributed by atoms with van der Waals surface area (Å²) in [6.07, 6.45) is 91.6. The number of ketones is 2. The topological polar surface area (TPSA) is 34.1 Å². The van der Waals surface area contributed by atoms with Crippen LogP contribution in [0.2, 0.25) is 0 Å². The largest absolute Gasteiger partial charge is 0.300 e. The molecule has 0 bridgehead atoms. The predicted molar refractivity (Wildman–Crippen MR) is 331 cm³/mol. The fraction of sp³-hybridized carbons (Fsp3) is 0.972. The van der Waals surface area contributed by atoms with Gasteiger partial charge in [-0.25, -0.2) is 0 Å². The Labute approximate surface area is 463 Å². The van der Waals surface area contributed by atoms with Crippen LogP contribution in [0.5, 0.6) is 0 Å². The zero-order chi connectivity index (χ0) is 52.5. The van der Waals surface area contributed by atoms with Gasteiger partial charge in [-0.2, -0.15) is 0 Å². The molecule has 2 heteroatoms. The Balaban J connectivity index is 3.16. The van der Waals surface area contributed by atoms with Crippen LogP contribution in [0.15, 0.2) is 0 Å². The van der Waals surface area contributed by atoms with Gasteiger partial charge in [0.05, 0.1) is 0 Å². The molecule has 0 radical (unpaired) electrons. The minimum atomic E-state index is 0.531. The first-order chi connectivity index (χ1) is 36.2. The third-order valence-corrected chi connectivity index (χ3v) is 17.0. The third kappa shape index (κ3) is 67.4. The first kappa shape index (κ1) is 72.3. The number of rotatable bonds is 68. The van der Waals surface area contributed by atoms with Crippen molar-refractivity contribution in [1.82, 2.24) is 0 Å². The highest BCUT2D eigenvalue weighted by atomic mass is 16.1.